The van der Waals surface area contributed by atoms with Gasteiger partial charge in [-0.3, -0.25) is 4.79 Å². The SMILES string of the molecule is CC[C@H](C)[C@H](N)C(=O)N[C@@H](CCCCNC(=O)OC1C2CC3CC(C2)CC1C3)C(=O)OCc1ccccc1. The van der Waals surface area contributed by atoms with E-state index in [0.717, 1.165) is 23.8 Å². The lowest BCUT2D eigenvalue weighted by Gasteiger charge is -2.53. The molecule has 0 heterocycles. The van der Waals surface area contributed by atoms with E-state index in [2.05, 4.69) is 10.6 Å². The van der Waals surface area contributed by atoms with Crippen molar-refractivity contribution >= 4 is 18.0 Å². The minimum absolute atomic E-state index is 0.000632. The highest BCUT2D eigenvalue weighted by molar-refractivity contribution is 5.87. The van der Waals surface area contributed by atoms with Gasteiger partial charge in [-0.05, 0) is 86.5 Å². The van der Waals surface area contributed by atoms with E-state index in [1.54, 1.807) is 0 Å². The largest absolute Gasteiger partial charge is 0.459 e. The lowest BCUT2D eigenvalue weighted by molar-refractivity contribution is -0.149. The number of alkyl carbamates (subject to hydrolysis) is 1. The molecule has 2 amide bonds. The van der Waals surface area contributed by atoms with Gasteiger partial charge in [0.15, 0.2) is 0 Å². The Kier molecular flexibility index (Phi) is 10.1. The van der Waals surface area contributed by atoms with Crippen molar-refractivity contribution in [1.82, 2.24) is 10.6 Å². The number of hydrogen-bond donors (Lipinski definition) is 3. The molecule has 4 bridgehead atoms. The summed E-state index contributed by atoms with van der Waals surface area (Å²) in [6.07, 6.45) is 8.38. The van der Waals surface area contributed by atoms with Crippen LogP contribution in [0.1, 0.15) is 77.2 Å². The highest BCUT2D eigenvalue weighted by Gasteiger charge is 2.49. The van der Waals surface area contributed by atoms with Crippen molar-refractivity contribution in [2.75, 3.05) is 6.54 Å². The van der Waals surface area contributed by atoms with Crippen LogP contribution in [-0.4, -0.2) is 42.7 Å². The molecule has 0 radical (unpaired) electrons. The fraction of sp³-hybridized carbons (Fsp3) is 0.700. The first-order valence-corrected chi connectivity index (χ1v) is 14.5. The van der Waals surface area contributed by atoms with Gasteiger partial charge in [0.25, 0.3) is 0 Å². The predicted octanol–water partition coefficient (Wildman–Crippen LogP) is 4.31. The van der Waals surface area contributed by atoms with Crippen molar-refractivity contribution in [1.29, 1.82) is 0 Å². The highest BCUT2D eigenvalue weighted by Crippen LogP contribution is 2.54. The Morgan fingerprint density at radius 1 is 1.00 bits per heavy atom. The first-order valence-electron chi connectivity index (χ1n) is 14.5. The van der Waals surface area contributed by atoms with Crippen LogP contribution >= 0.6 is 0 Å². The molecule has 4 aliphatic rings. The maximum atomic E-state index is 12.9. The number of hydrogen-bond acceptors (Lipinski definition) is 6. The Morgan fingerprint density at radius 2 is 1.66 bits per heavy atom. The summed E-state index contributed by atoms with van der Waals surface area (Å²) in [5.41, 5.74) is 6.97. The summed E-state index contributed by atoms with van der Waals surface area (Å²) in [6, 6.07) is 7.95. The third-order valence-electron chi connectivity index (χ3n) is 8.96. The predicted molar refractivity (Wildman–Crippen MR) is 145 cm³/mol. The second-order valence-corrected chi connectivity index (χ2v) is 11.8. The van der Waals surface area contributed by atoms with Crippen molar-refractivity contribution in [2.45, 2.75) is 96.4 Å². The van der Waals surface area contributed by atoms with E-state index in [4.69, 9.17) is 15.2 Å². The number of esters is 1. The third kappa shape index (κ3) is 7.49. The molecule has 8 nitrogen and oxygen atoms in total. The van der Waals surface area contributed by atoms with E-state index in [1.165, 1.54) is 32.1 Å². The average molecular weight is 528 g/mol. The van der Waals surface area contributed by atoms with Gasteiger partial charge in [0.2, 0.25) is 5.91 Å². The van der Waals surface area contributed by atoms with Crippen LogP contribution in [0.4, 0.5) is 4.79 Å². The maximum Gasteiger partial charge on any atom is 0.407 e. The summed E-state index contributed by atoms with van der Waals surface area (Å²) in [4.78, 5) is 38.0. The van der Waals surface area contributed by atoms with Gasteiger partial charge in [-0.1, -0.05) is 50.6 Å². The maximum absolute atomic E-state index is 12.9. The summed E-state index contributed by atoms with van der Waals surface area (Å²) >= 11 is 0. The lowest BCUT2D eigenvalue weighted by atomic mass is 9.55. The minimum Gasteiger partial charge on any atom is -0.459 e. The molecule has 38 heavy (non-hydrogen) atoms. The summed E-state index contributed by atoms with van der Waals surface area (Å²) in [7, 11) is 0. The second kappa shape index (κ2) is 13.5. The molecule has 0 unspecified atom stereocenters. The van der Waals surface area contributed by atoms with Crippen LogP contribution in [0.25, 0.3) is 0 Å². The van der Waals surface area contributed by atoms with Gasteiger partial charge in [-0.25, -0.2) is 9.59 Å². The molecular weight excluding hydrogens is 482 g/mol. The minimum atomic E-state index is -0.790. The van der Waals surface area contributed by atoms with Gasteiger partial charge in [-0.15, -0.1) is 0 Å². The summed E-state index contributed by atoms with van der Waals surface area (Å²) in [5, 5.41) is 5.69. The highest BCUT2D eigenvalue weighted by atomic mass is 16.6. The topological polar surface area (TPSA) is 120 Å². The summed E-state index contributed by atoms with van der Waals surface area (Å²) < 4.78 is 11.4. The third-order valence-corrected chi connectivity index (χ3v) is 8.96. The molecule has 8 heteroatoms. The van der Waals surface area contributed by atoms with Crippen LogP contribution in [0.3, 0.4) is 0 Å². The molecule has 4 N–H and O–H groups in total. The van der Waals surface area contributed by atoms with Crippen molar-refractivity contribution in [3.05, 3.63) is 35.9 Å². The number of ether oxygens (including phenoxy) is 2. The molecule has 0 spiro atoms. The number of carbonyl (C=O) groups excluding carboxylic acids is 3. The Balaban J connectivity index is 1.20. The van der Waals surface area contributed by atoms with E-state index >= 15 is 0 Å². The summed E-state index contributed by atoms with van der Waals surface area (Å²) in [5.74, 6) is 1.92. The Morgan fingerprint density at radius 3 is 2.29 bits per heavy atom. The van der Waals surface area contributed by atoms with Crippen LogP contribution in [0, 0.1) is 29.6 Å². The monoisotopic (exact) mass is 527 g/mol. The number of nitrogens with two attached hydrogens (primary N) is 1. The normalized spacial score (nSPS) is 27.7. The van der Waals surface area contributed by atoms with E-state index in [0.29, 0.717) is 37.6 Å². The Labute approximate surface area is 226 Å². The number of rotatable bonds is 13. The fourth-order valence-electron chi connectivity index (χ4n) is 6.76. The molecular formula is C30H45N3O5. The first-order chi connectivity index (χ1) is 18.3. The number of amides is 2. The molecule has 4 saturated carbocycles. The van der Waals surface area contributed by atoms with Crippen LogP contribution in [0.5, 0.6) is 0 Å². The van der Waals surface area contributed by atoms with Crippen molar-refractivity contribution in [2.24, 2.45) is 35.3 Å². The molecule has 0 aromatic heterocycles. The molecule has 4 aliphatic carbocycles. The average Bonchev–Trinajstić information content (AvgIpc) is 2.92. The zero-order valence-corrected chi connectivity index (χ0v) is 22.9. The van der Waals surface area contributed by atoms with E-state index < -0.39 is 18.1 Å². The fourth-order valence-corrected chi connectivity index (χ4v) is 6.76. The first kappa shape index (κ1) is 28.4. The van der Waals surface area contributed by atoms with Gasteiger partial charge in [0.1, 0.15) is 18.8 Å². The molecule has 4 fully saturated rings. The van der Waals surface area contributed by atoms with Crippen LogP contribution in [0.2, 0.25) is 0 Å². The van der Waals surface area contributed by atoms with Gasteiger partial charge >= 0.3 is 12.1 Å². The number of nitrogens with one attached hydrogen (secondary N) is 2. The van der Waals surface area contributed by atoms with Crippen LogP contribution < -0.4 is 16.4 Å². The quantitative estimate of drug-likeness (QED) is 0.260. The van der Waals surface area contributed by atoms with Gasteiger partial charge in [0.05, 0.1) is 6.04 Å². The molecule has 1 aromatic rings. The zero-order valence-electron chi connectivity index (χ0n) is 22.9. The van der Waals surface area contributed by atoms with Gasteiger partial charge in [-0.2, -0.15) is 0 Å². The molecule has 3 atom stereocenters. The lowest BCUT2D eigenvalue weighted by Crippen LogP contribution is -2.51. The number of unbranched alkanes of at least 4 members (excludes halogenated alkanes) is 1. The zero-order chi connectivity index (χ0) is 27.1. The molecule has 0 aliphatic heterocycles. The Hall–Kier alpha value is -2.61. The van der Waals surface area contributed by atoms with Crippen molar-refractivity contribution < 1.29 is 23.9 Å². The molecule has 0 saturated heterocycles. The van der Waals surface area contributed by atoms with Gasteiger partial charge < -0.3 is 25.8 Å². The van der Waals surface area contributed by atoms with Gasteiger partial charge in [0, 0.05) is 6.54 Å². The molecule has 5 rings (SSSR count). The van der Waals surface area contributed by atoms with Crippen molar-refractivity contribution in [3.8, 4) is 0 Å². The number of carbonyl (C=O) groups is 3. The van der Waals surface area contributed by atoms with Crippen molar-refractivity contribution in [3.63, 3.8) is 0 Å². The molecule has 210 valence electrons. The summed E-state index contributed by atoms with van der Waals surface area (Å²) in [6.45, 7) is 4.49. The Bertz CT molecular complexity index is 911. The van der Waals surface area contributed by atoms with E-state index in [-0.39, 0.29) is 30.6 Å². The molecule has 1 aromatic carbocycles. The van der Waals surface area contributed by atoms with E-state index in [1.807, 2.05) is 44.2 Å². The standard InChI is InChI=1S/C30H45N3O5/c1-3-19(2)26(31)28(34)33-25(29(35)37-18-20-9-5-4-6-10-20)11-7-8-12-32-30(36)38-27-23-14-21-13-22(16-23)17-24(27)15-21/h4-6,9-10,19,21-27H,3,7-8,11-18,31H2,1-2H3,(H,32,36)(H,33,34)/t19-,21?,22?,23?,24?,25-,26-,27?/m0/s1. The van der Waals surface area contributed by atoms with Crippen LogP contribution in [0.15, 0.2) is 30.3 Å². The second-order valence-electron chi connectivity index (χ2n) is 11.8. The van der Waals surface area contributed by atoms with Crippen LogP contribution in [-0.2, 0) is 25.7 Å². The smallest absolute Gasteiger partial charge is 0.407 e. The van der Waals surface area contributed by atoms with E-state index in [9.17, 15) is 14.4 Å². The number of benzene rings is 1.